The summed E-state index contributed by atoms with van der Waals surface area (Å²) in [6.45, 7) is 8.58. The number of benzene rings is 2. The van der Waals surface area contributed by atoms with Crippen LogP contribution in [0.2, 0.25) is 0 Å². The molecule has 0 spiro atoms. The van der Waals surface area contributed by atoms with E-state index in [1.807, 2.05) is 31.7 Å². The Hall–Kier alpha value is -4.89. The lowest BCUT2D eigenvalue weighted by atomic mass is 9.83. The van der Waals surface area contributed by atoms with Crippen LogP contribution in [0.25, 0.3) is 10.8 Å². The number of rotatable bonds is 13. The number of hydrogen-bond donors (Lipinski definition) is 4. The molecular formula is C43H58FN7O7. The Morgan fingerprint density at radius 3 is 2.22 bits per heavy atom. The number of piperidine rings is 2. The van der Waals surface area contributed by atoms with E-state index in [1.54, 1.807) is 24.3 Å². The van der Waals surface area contributed by atoms with Crippen LogP contribution in [0.5, 0.6) is 0 Å². The number of H-pyrrole nitrogens is 1. The van der Waals surface area contributed by atoms with Crippen molar-refractivity contribution in [3.63, 3.8) is 0 Å². The Morgan fingerprint density at radius 2 is 1.53 bits per heavy atom. The smallest absolute Gasteiger partial charge is 0.408 e. The third-order valence-electron chi connectivity index (χ3n) is 11.3. The summed E-state index contributed by atoms with van der Waals surface area (Å²) in [6.07, 6.45) is 8.05. The first-order chi connectivity index (χ1) is 27.8. The van der Waals surface area contributed by atoms with E-state index in [9.17, 15) is 28.4 Å². The Balaban J connectivity index is 0.876. The lowest BCUT2D eigenvalue weighted by Gasteiger charge is -2.39. The first kappa shape index (κ1) is 42.7. The summed E-state index contributed by atoms with van der Waals surface area (Å²) in [6, 6.07) is 10.8. The van der Waals surface area contributed by atoms with Gasteiger partial charge in [-0.2, -0.15) is 5.10 Å². The minimum atomic E-state index is -0.662. The number of halogens is 1. The van der Waals surface area contributed by atoms with Crippen molar-refractivity contribution in [2.24, 2.45) is 5.92 Å². The molecule has 2 aliphatic heterocycles. The van der Waals surface area contributed by atoms with Gasteiger partial charge in [0.1, 0.15) is 17.5 Å². The van der Waals surface area contributed by atoms with Crippen molar-refractivity contribution in [1.82, 2.24) is 35.9 Å². The second kappa shape index (κ2) is 19.7. The van der Waals surface area contributed by atoms with Gasteiger partial charge in [0.15, 0.2) is 0 Å². The van der Waals surface area contributed by atoms with Crippen molar-refractivity contribution >= 4 is 34.6 Å². The van der Waals surface area contributed by atoms with E-state index in [2.05, 4.69) is 31.0 Å². The molecule has 4 N–H and O–H groups in total. The van der Waals surface area contributed by atoms with Gasteiger partial charge in [-0.3, -0.25) is 24.1 Å². The molecule has 6 rings (SSSR count). The van der Waals surface area contributed by atoms with Crippen molar-refractivity contribution in [2.75, 3.05) is 45.8 Å². The fourth-order valence-corrected chi connectivity index (χ4v) is 8.26. The summed E-state index contributed by atoms with van der Waals surface area (Å²) < 4.78 is 26.7. The van der Waals surface area contributed by atoms with Crippen LogP contribution < -0.4 is 21.5 Å². The Morgan fingerprint density at radius 1 is 0.879 bits per heavy atom. The van der Waals surface area contributed by atoms with Crippen LogP contribution in [0, 0.1) is 11.7 Å². The predicted octanol–water partition coefficient (Wildman–Crippen LogP) is 4.44. The van der Waals surface area contributed by atoms with Crippen molar-refractivity contribution in [3.05, 3.63) is 75.5 Å². The molecule has 0 bridgehead atoms. The van der Waals surface area contributed by atoms with E-state index < -0.39 is 29.5 Å². The quantitative estimate of drug-likeness (QED) is 0.182. The Labute approximate surface area is 339 Å². The molecule has 1 aromatic heterocycles. The minimum Gasteiger partial charge on any atom is -0.444 e. The number of likely N-dealkylation sites (tertiary alicyclic amines) is 2. The van der Waals surface area contributed by atoms with E-state index in [4.69, 9.17) is 9.47 Å². The summed E-state index contributed by atoms with van der Waals surface area (Å²) in [5.41, 5.74) is 0.209. The maximum absolute atomic E-state index is 14.7. The number of nitrogens with zero attached hydrogens (tertiary/aromatic N) is 3. The third kappa shape index (κ3) is 11.8. The zero-order chi connectivity index (χ0) is 41.2. The van der Waals surface area contributed by atoms with E-state index in [0.29, 0.717) is 48.2 Å². The zero-order valence-corrected chi connectivity index (χ0v) is 33.9. The number of carbonyl (C=O) groups is 4. The number of ether oxygens (including phenoxy) is 2. The maximum Gasteiger partial charge on any atom is 0.408 e. The van der Waals surface area contributed by atoms with Gasteiger partial charge in [0.2, 0.25) is 11.8 Å². The van der Waals surface area contributed by atoms with Gasteiger partial charge in [-0.25, -0.2) is 14.3 Å². The van der Waals surface area contributed by atoms with Gasteiger partial charge in [-0.15, -0.1) is 0 Å². The van der Waals surface area contributed by atoms with E-state index in [1.165, 1.54) is 12.1 Å². The summed E-state index contributed by atoms with van der Waals surface area (Å²) in [7, 11) is 0. The molecule has 0 radical (unpaired) electrons. The molecule has 0 unspecified atom stereocenters. The van der Waals surface area contributed by atoms with Crippen molar-refractivity contribution < 1.29 is 33.0 Å². The molecule has 2 saturated heterocycles. The fraction of sp³-hybridized carbons (Fsp3) is 0.581. The van der Waals surface area contributed by atoms with Crippen LogP contribution in [0.4, 0.5) is 9.18 Å². The van der Waals surface area contributed by atoms with Crippen LogP contribution in [0.1, 0.15) is 100 Å². The zero-order valence-electron chi connectivity index (χ0n) is 33.9. The van der Waals surface area contributed by atoms with Gasteiger partial charge in [0.25, 0.3) is 11.5 Å². The van der Waals surface area contributed by atoms with E-state index >= 15 is 0 Å². The van der Waals surface area contributed by atoms with Gasteiger partial charge in [0.05, 0.1) is 35.4 Å². The molecule has 15 heteroatoms. The molecule has 314 valence electrons. The maximum atomic E-state index is 14.7. The number of amides is 4. The standard InChI is InChI=1S/C43H58FN7O7/c1-43(2,3)58-42(56)47-38(29-9-5-4-6-10-29)41(55)51-23-17-31(18-24-51)57-30-15-21-50(22-16-30)27-37(52)45-19-20-46-39(53)34-25-28(13-14-35(34)44)26-36-32-11-7-8-12-33(32)40(54)49-48-36/h7-8,11-14,25,29-31,38H,4-6,9-10,15-24,26-27H2,1-3H3,(H,45,52)(H,46,53)(H,47,56)(H,49,54)/t38-/m1/s1. The van der Waals surface area contributed by atoms with Gasteiger partial charge in [-0.05, 0) is 89.0 Å². The molecule has 3 aromatic rings. The number of hydrogen-bond acceptors (Lipinski definition) is 9. The Bertz CT molecular complexity index is 1960. The molecule has 3 fully saturated rings. The summed E-state index contributed by atoms with van der Waals surface area (Å²) in [5.74, 6) is -1.34. The lowest BCUT2D eigenvalue weighted by molar-refractivity contribution is -0.139. The average Bonchev–Trinajstić information content (AvgIpc) is 3.21. The van der Waals surface area contributed by atoms with E-state index in [0.717, 1.165) is 57.8 Å². The largest absolute Gasteiger partial charge is 0.444 e. The van der Waals surface area contributed by atoms with Crippen molar-refractivity contribution in [3.8, 4) is 0 Å². The number of nitrogens with one attached hydrogen (secondary N) is 4. The number of carbonyl (C=O) groups excluding carboxylic acids is 4. The Kier molecular flexibility index (Phi) is 14.5. The van der Waals surface area contributed by atoms with Gasteiger partial charge >= 0.3 is 6.09 Å². The number of aromatic amines is 1. The van der Waals surface area contributed by atoms with Crippen LogP contribution in [0.3, 0.4) is 0 Å². The molecule has 1 atom stereocenters. The first-order valence-electron chi connectivity index (χ1n) is 20.8. The molecular weight excluding hydrogens is 746 g/mol. The average molecular weight is 804 g/mol. The molecule has 2 aromatic carbocycles. The summed E-state index contributed by atoms with van der Waals surface area (Å²) in [5, 5.41) is 16.3. The normalized spacial score (nSPS) is 18.1. The monoisotopic (exact) mass is 803 g/mol. The summed E-state index contributed by atoms with van der Waals surface area (Å²) in [4.78, 5) is 68.1. The first-order valence-corrected chi connectivity index (χ1v) is 20.8. The molecule has 4 amide bonds. The van der Waals surface area contributed by atoms with Crippen LogP contribution >= 0.6 is 0 Å². The predicted molar refractivity (Wildman–Crippen MR) is 217 cm³/mol. The van der Waals surface area contributed by atoms with E-state index in [-0.39, 0.29) is 67.1 Å². The van der Waals surface area contributed by atoms with Crippen LogP contribution in [-0.4, -0.2) is 113 Å². The van der Waals surface area contributed by atoms with Crippen LogP contribution in [0.15, 0.2) is 47.3 Å². The molecule has 1 aliphatic carbocycles. The second-order valence-corrected chi connectivity index (χ2v) is 16.8. The third-order valence-corrected chi connectivity index (χ3v) is 11.3. The highest BCUT2D eigenvalue weighted by molar-refractivity contribution is 5.94. The lowest BCUT2D eigenvalue weighted by Crippen LogP contribution is -2.55. The molecule has 1 saturated carbocycles. The SMILES string of the molecule is CC(C)(C)OC(=O)N[C@@H](C(=O)N1CCC(OC2CCN(CC(=O)NCCNC(=O)c3cc(Cc4n[nH]c(=O)c5ccccc45)ccc3F)CC2)CC1)C1CCCCC1. The number of fused-ring (bicyclic) bond motifs is 1. The second-order valence-electron chi connectivity index (χ2n) is 16.8. The van der Waals surface area contributed by atoms with Gasteiger partial charge in [0, 0.05) is 51.1 Å². The van der Waals surface area contributed by atoms with Crippen molar-refractivity contribution in [1.29, 1.82) is 0 Å². The van der Waals surface area contributed by atoms with Gasteiger partial charge in [-0.1, -0.05) is 43.5 Å². The molecule has 14 nitrogen and oxygen atoms in total. The van der Waals surface area contributed by atoms with Crippen LogP contribution in [-0.2, 0) is 25.5 Å². The van der Waals surface area contributed by atoms with Crippen molar-refractivity contribution in [2.45, 2.75) is 109 Å². The topological polar surface area (TPSA) is 175 Å². The minimum absolute atomic E-state index is 0.0311. The van der Waals surface area contributed by atoms with Gasteiger partial charge < -0.3 is 30.3 Å². The highest BCUT2D eigenvalue weighted by Gasteiger charge is 2.37. The highest BCUT2D eigenvalue weighted by Crippen LogP contribution is 2.29. The molecule has 58 heavy (non-hydrogen) atoms. The molecule has 3 heterocycles. The molecule has 3 aliphatic rings. The number of alkyl carbamates (subject to hydrolysis) is 1. The summed E-state index contributed by atoms with van der Waals surface area (Å²) >= 11 is 0. The fourth-order valence-electron chi connectivity index (χ4n) is 8.26. The highest BCUT2D eigenvalue weighted by atomic mass is 19.1. The number of aromatic nitrogens is 2.